The minimum atomic E-state index is -0.375. The average Bonchev–Trinajstić information content (AvgIpc) is 3.31. The van der Waals surface area contributed by atoms with Gasteiger partial charge in [-0.25, -0.2) is 9.37 Å². The van der Waals surface area contributed by atoms with Crippen molar-refractivity contribution < 1.29 is 13.7 Å². The minimum absolute atomic E-state index is 0.0285. The molecule has 27 heavy (non-hydrogen) atoms. The molecule has 0 radical (unpaired) electrons. The number of Topliss-reactive ketones (excluding diaryl/α,β-unsaturated/α-hetero) is 1. The zero-order chi connectivity index (χ0) is 19.2. The van der Waals surface area contributed by atoms with Crippen molar-refractivity contribution in [1.29, 1.82) is 0 Å². The Labute approximate surface area is 160 Å². The molecule has 0 saturated carbocycles. The van der Waals surface area contributed by atoms with Crippen LogP contribution < -0.4 is 5.73 Å². The summed E-state index contributed by atoms with van der Waals surface area (Å²) < 4.78 is 18.6. The normalized spacial score (nSPS) is 12.3. The zero-order valence-electron chi connectivity index (χ0n) is 14.6. The van der Waals surface area contributed by atoms with Crippen LogP contribution in [-0.4, -0.2) is 20.9 Å². The van der Waals surface area contributed by atoms with E-state index in [-0.39, 0.29) is 22.8 Å². The number of carbonyl (C=O) groups excluding carboxylic acids is 1. The third kappa shape index (κ3) is 4.81. The molecule has 2 aromatic heterocycles. The Morgan fingerprint density at radius 3 is 2.81 bits per heavy atom. The first-order chi connectivity index (χ1) is 13.1. The predicted molar refractivity (Wildman–Crippen MR) is 99.8 cm³/mol. The maximum Gasteiger partial charge on any atom is 0.184 e. The van der Waals surface area contributed by atoms with Crippen molar-refractivity contribution in [3.63, 3.8) is 0 Å². The van der Waals surface area contributed by atoms with E-state index in [0.717, 1.165) is 19.3 Å². The van der Waals surface area contributed by atoms with Gasteiger partial charge < -0.3 is 15.2 Å². The molecule has 3 N–H and O–H groups in total. The third-order valence-corrected chi connectivity index (χ3v) is 4.62. The van der Waals surface area contributed by atoms with E-state index in [9.17, 15) is 9.18 Å². The number of hydrogen-bond acceptors (Lipinski definition) is 5. The van der Waals surface area contributed by atoms with Gasteiger partial charge in [-0.1, -0.05) is 41.7 Å². The Balaban J connectivity index is 1.49. The van der Waals surface area contributed by atoms with Gasteiger partial charge in [0.2, 0.25) is 0 Å². The number of ketones is 1. The zero-order valence-corrected chi connectivity index (χ0v) is 15.4. The average molecular weight is 391 g/mol. The van der Waals surface area contributed by atoms with Crippen molar-refractivity contribution in [2.24, 2.45) is 5.73 Å². The molecule has 0 aliphatic heterocycles. The maximum absolute atomic E-state index is 13.9. The van der Waals surface area contributed by atoms with Crippen molar-refractivity contribution in [1.82, 2.24) is 15.1 Å². The first-order valence-corrected chi connectivity index (χ1v) is 9.13. The van der Waals surface area contributed by atoms with Crippen LogP contribution in [0.5, 0.6) is 0 Å². The number of hydrogen-bond donors (Lipinski definition) is 2. The number of unbranched alkanes of at least 4 members (excludes halogenated alkanes) is 2. The topological polar surface area (TPSA) is 97.8 Å². The second-order valence-corrected chi connectivity index (χ2v) is 6.64. The summed E-state index contributed by atoms with van der Waals surface area (Å²) in [4.78, 5) is 19.0. The van der Waals surface area contributed by atoms with Crippen LogP contribution in [0.4, 0.5) is 4.39 Å². The molecule has 0 aliphatic rings. The molecule has 8 heteroatoms. The van der Waals surface area contributed by atoms with Crippen LogP contribution >= 0.6 is 11.6 Å². The van der Waals surface area contributed by atoms with Gasteiger partial charge in [0, 0.05) is 18.5 Å². The molecule has 0 fully saturated rings. The van der Waals surface area contributed by atoms with Crippen molar-refractivity contribution in [3.05, 3.63) is 59.0 Å². The van der Waals surface area contributed by atoms with Gasteiger partial charge in [0.15, 0.2) is 10.9 Å². The highest BCUT2D eigenvalue weighted by Crippen LogP contribution is 2.28. The Kier molecular flexibility index (Phi) is 6.36. The van der Waals surface area contributed by atoms with Gasteiger partial charge in [-0.2, -0.15) is 0 Å². The fourth-order valence-electron chi connectivity index (χ4n) is 2.85. The van der Waals surface area contributed by atoms with Crippen molar-refractivity contribution in [2.75, 3.05) is 0 Å². The van der Waals surface area contributed by atoms with E-state index in [0.29, 0.717) is 35.6 Å². The van der Waals surface area contributed by atoms with E-state index < -0.39 is 0 Å². The number of benzene rings is 1. The van der Waals surface area contributed by atoms with E-state index in [1.165, 1.54) is 12.3 Å². The molecule has 0 spiro atoms. The fourth-order valence-corrected chi connectivity index (χ4v) is 3.12. The second kappa shape index (κ2) is 8.92. The summed E-state index contributed by atoms with van der Waals surface area (Å²) >= 11 is 6.18. The molecular weight excluding hydrogens is 371 g/mol. The molecule has 6 nitrogen and oxygen atoms in total. The van der Waals surface area contributed by atoms with Crippen molar-refractivity contribution in [3.8, 4) is 11.4 Å². The number of nitrogens with zero attached hydrogens (tertiary/aromatic N) is 2. The SMILES string of the molecule is N[C@@H](CCCCCC(=O)c1ccon1)c1[nH]c(-c2ccccc2F)nc1Cl. The molecule has 0 unspecified atom stereocenters. The second-order valence-electron chi connectivity index (χ2n) is 6.28. The highest BCUT2D eigenvalue weighted by Gasteiger charge is 2.17. The van der Waals surface area contributed by atoms with Gasteiger partial charge in [0.1, 0.15) is 23.6 Å². The monoisotopic (exact) mass is 390 g/mol. The molecule has 0 bridgehead atoms. The Morgan fingerprint density at radius 2 is 2.07 bits per heavy atom. The molecule has 0 saturated heterocycles. The number of halogens is 2. The van der Waals surface area contributed by atoms with E-state index in [4.69, 9.17) is 17.3 Å². The molecule has 142 valence electrons. The molecule has 0 amide bonds. The quantitative estimate of drug-likeness (QED) is 0.408. The van der Waals surface area contributed by atoms with Crippen LogP contribution in [0.1, 0.15) is 54.3 Å². The lowest BCUT2D eigenvalue weighted by atomic mass is 10.0. The molecule has 2 heterocycles. The fraction of sp³-hybridized carbons (Fsp3) is 0.316. The summed E-state index contributed by atoms with van der Waals surface area (Å²) in [5, 5.41) is 3.88. The van der Waals surface area contributed by atoms with Gasteiger partial charge in [0.05, 0.1) is 11.3 Å². The van der Waals surface area contributed by atoms with Crippen LogP contribution in [0.25, 0.3) is 11.4 Å². The number of aromatic nitrogens is 3. The lowest BCUT2D eigenvalue weighted by molar-refractivity contribution is 0.0970. The first kappa shape index (κ1) is 19.3. The Hall–Kier alpha value is -2.51. The summed E-state index contributed by atoms with van der Waals surface area (Å²) in [6.45, 7) is 0. The van der Waals surface area contributed by atoms with Gasteiger partial charge in [-0.15, -0.1) is 0 Å². The van der Waals surface area contributed by atoms with Crippen LogP contribution in [0.2, 0.25) is 5.15 Å². The van der Waals surface area contributed by atoms with Crippen LogP contribution in [0.15, 0.2) is 41.1 Å². The lowest BCUT2D eigenvalue weighted by Crippen LogP contribution is -2.11. The molecule has 3 aromatic rings. The first-order valence-electron chi connectivity index (χ1n) is 8.75. The summed E-state index contributed by atoms with van der Waals surface area (Å²) in [6.07, 6.45) is 4.91. The smallest absolute Gasteiger partial charge is 0.184 e. The van der Waals surface area contributed by atoms with E-state index in [1.54, 1.807) is 24.3 Å². The summed E-state index contributed by atoms with van der Waals surface area (Å²) in [6, 6.07) is 7.57. The largest absolute Gasteiger partial charge is 0.364 e. The Morgan fingerprint density at radius 1 is 1.26 bits per heavy atom. The summed E-state index contributed by atoms with van der Waals surface area (Å²) in [7, 11) is 0. The van der Waals surface area contributed by atoms with E-state index in [2.05, 4.69) is 19.6 Å². The standard InChI is InChI=1S/C19H20ClFN4O2/c20-18-17(23-19(24-18)12-6-4-5-7-13(12)21)14(22)8-2-1-3-9-16(26)15-10-11-27-25-15/h4-7,10-11,14H,1-3,8-9,22H2,(H,23,24)/t14-/m0/s1. The lowest BCUT2D eigenvalue weighted by Gasteiger charge is -2.09. The highest BCUT2D eigenvalue weighted by molar-refractivity contribution is 6.30. The van der Waals surface area contributed by atoms with Gasteiger partial charge in [0.25, 0.3) is 0 Å². The summed E-state index contributed by atoms with van der Waals surface area (Å²) in [5.74, 6) is -0.0410. The van der Waals surface area contributed by atoms with Gasteiger partial charge in [-0.3, -0.25) is 4.79 Å². The highest BCUT2D eigenvalue weighted by atomic mass is 35.5. The molecular formula is C19H20ClFN4O2. The third-order valence-electron chi connectivity index (χ3n) is 4.33. The van der Waals surface area contributed by atoms with E-state index >= 15 is 0 Å². The molecule has 3 rings (SSSR count). The summed E-state index contributed by atoms with van der Waals surface area (Å²) in [5.41, 5.74) is 7.51. The number of imidazole rings is 1. The molecule has 0 aliphatic carbocycles. The number of nitrogens with two attached hydrogens (primary N) is 1. The van der Waals surface area contributed by atoms with Gasteiger partial charge >= 0.3 is 0 Å². The number of H-pyrrole nitrogens is 1. The number of carbonyl (C=O) groups is 1. The number of aromatic amines is 1. The van der Waals surface area contributed by atoms with Crippen LogP contribution in [0, 0.1) is 5.82 Å². The maximum atomic E-state index is 13.9. The molecule has 1 atom stereocenters. The van der Waals surface area contributed by atoms with Gasteiger partial charge in [-0.05, 0) is 25.0 Å². The minimum Gasteiger partial charge on any atom is -0.364 e. The predicted octanol–water partition coefficient (Wildman–Crippen LogP) is 4.69. The van der Waals surface area contributed by atoms with Crippen molar-refractivity contribution >= 4 is 17.4 Å². The number of nitrogens with one attached hydrogen (secondary N) is 1. The van der Waals surface area contributed by atoms with Crippen molar-refractivity contribution in [2.45, 2.75) is 38.1 Å². The molecule has 1 aromatic carbocycles. The van der Waals surface area contributed by atoms with Crippen LogP contribution in [0.3, 0.4) is 0 Å². The van der Waals surface area contributed by atoms with E-state index in [1.807, 2.05) is 0 Å². The Bertz CT molecular complexity index is 895. The van der Waals surface area contributed by atoms with Crippen LogP contribution in [-0.2, 0) is 0 Å². The number of rotatable bonds is 9.